The first kappa shape index (κ1) is 20.7. The number of hydrogen-bond donors (Lipinski definition) is 1. The number of anilines is 2. The molecule has 0 spiro atoms. The highest BCUT2D eigenvalue weighted by atomic mass is 16.5. The average molecular weight is 346 g/mol. The second kappa shape index (κ2) is 9.22. The fourth-order valence-corrected chi connectivity index (χ4v) is 2.54. The van der Waals surface area contributed by atoms with Crippen LogP contribution in [-0.4, -0.2) is 40.7 Å². The van der Waals surface area contributed by atoms with E-state index >= 15 is 0 Å². The van der Waals surface area contributed by atoms with E-state index < -0.39 is 0 Å². The maximum Gasteiger partial charge on any atom is 0.274 e. The van der Waals surface area contributed by atoms with E-state index in [9.17, 15) is 4.79 Å². The molecule has 3 heterocycles. The third kappa shape index (κ3) is 5.32. The van der Waals surface area contributed by atoms with Crippen LogP contribution in [0.1, 0.15) is 26.8 Å². The molecule has 1 fully saturated rings. The molecule has 138 valence electrons. The summed E-state index contributed by atoms with van der Waals surface area (Å²) in [5.41, 5.74) is 1.45. The summed E-state index contributed by atoms with van der Waals surface area (Å²) < 4.78 is 7.35. The SMILES string of the molecule is C.CC.Cc1cc(Nc2ccc(OC3CN(C)C3)cn2)c(=O)n(C)c1. The molecule has 0 atom stereocenters. The number of aromatic nitrogens is 2. The Bertz CT molecular complexity index is 719. The number of likely N-dealkylation sites (tertiary alicyclic amines) is 1. The molecule has 3 rings (SSSR count). The quantitative estimate of drug-likeness (QED) is 0.921. The van der Waals surface area contributed by atoms with Crippen LogP contribution >= 0.6 is 0 Å². The van der Waals surface area contributed by atoms with E-state index in [1.165, 1.54) is 0 Å². The minimum atomic E-state index is -0.0785. The molecule has 0 amide bonds. The highest BCUT2D eigenvalue weighted by molar-refractivity contribution is 5.56. The first-order chi connectivity index (χ1) is 11.5. The molecule has 2 aromatic rings. The van der Waals surface area contributed by atoms with Crippen LogP contribution in [0, 0.1) is 6.92 Å². The van der Waals surface area contributed by atoms with E-state index in [-0.39, 0.29) is 19.1 Å². The van der Waals surface area contributed by atoms with Gasteiger partial charge in [0.1, 0.15) is 23.4 Å². The minimum absolute atomic E-state index is 0. The topological polar surface area (TPSA) is 59.4 Å². The van der Waals surface area contributed by atoms with Crippen molar-refractivity contribution in [3.8, 4) is 5.75 Å². The van der Waals surface area contributed by atoms with Crippen LogP contribution in [0.3, 0.4) is 0 Å². The third-order valence-corrected chi connectivity index (χ3v) is 3.65. The van der Waals surface area contributed by atoms with Crippen molar-refractivity contribution in [2.75, 3.05) is 25.5 Å². The number of rotatable bonds is 4. The smallest absolute Gasteiger partial charge is 0.274 e. The molecule has 25 heavy (non-hydrogen) atoms. The van der Waals surface area contributed by atoms with Gasteiger partial charge in [0.05, 0.1) is 6.20 Å². The Morgan fingerprint density at radius 2 is 1.92 bits per heavy atom. The standard InChI is InChI=1S/C16H20N4O2.C2H6.CH4/c1-11-6-14(16(21)20(3)8-11)18-15-5-4-12(7-17-15)22-13-9-19(2)10-13;1-2;/h4-8,13H,9-10H2,1-3H3,(H,17,18);1-2H3;1H4. The maximum atomic E-state index is 12.1. The monoisotopic (exact) mass is 346 g/mol. The number of ether oxygens (including phenoxy) is 1. The van der Waals surface area contributed by atoms with Gasteiger partial charge in [0, 0.05) is 26.3 Å². The van der Waals surface area contributed by atoms with E-state index in [4.69, 9.17) is 4.74 Å². The van der Waals surface area contributed by atoms with Gasteiger partial charge < -0.3 is 14.6 Å². The Morgan fingerprint density at radius 3 is 2.48 bits per heavy atom. The molecule has 0 aromatic carbocycles. The predicted octanol–water partition coefficient (Wildman–Crippen LogP) is 3.19. The molecular weight excluding hydrogens is 316 g/mol. The fourth-order valence-electron chi connectivity index (χ4n) is 2.54. The molecule has 0 saturated carbocycles. The Labute approximate surface area is 150 Å². The molecule has 0 aliphatic carbocycles. The van der Waals surface area contributed by atoms with Crippen molar-refractivity contribution in [2.45, 2.75) is 34.3 Å². The van der Waals surface area contributed by atoms with Crippen molar-refractivity contribution in [1.82, 2.24) is 14.5 Å². The lowest BCUT2D eigenvalue weighted by atomic mass is 10.2. The van der Waals surface area contributed by atoms with E-state index in [0.29, 0.717) is 11.5 Å². The van der Waals surface area contributed by atoms with Crippen molar-refractivity contribution in [1.29, 1.82) is 0 Å². The summed E-state index contributed by atoms with van der Waals surface area (Å²) in [7, 11) is 3.80. The normalized spacial score (nSPS) is 13.8. The van der Waals surface area contributed by atoms with Crippen molar-refractivity contribution in [2.24, 2.45) is 7.05 Å². The second-order valence-corrected chi connectivity index (χ2v) is 5.81. The van der Waals surface area contributed by atoms with Crippen molar-refractivity contribution >= 4 is 11.5 Å². The summed E-state index contributed by atoms with van der Waals surface area (Å²) >= 11 is 0. The average Bonchev–Trinajstić information content (AvgIpc) is 2.54. The van der Waals surface area contributed by atoms with Gasteiger partial charge in [0.15, 0.2) is 0 Å². The van der Waals surface area contributed by atoms with Gasteiger partial charge in [-0.1, -0.05) is 21.3 Å². The molecule has 1 saturated heterocycles. The number of hydrogen-bond acceptors (Lipinski definition) is 5. The van der Waals surface area contributed by atoms with Gasteiger partial charge in [-0.25, -0.2) is 4.98 Å². The summed E-state index contributed by atoms with van der Waals surface area (Å²) in [5, 5.41) is 3.06. The van der Waals surface area contributed by atoms with Crippen LogP contribution in [-0.2, 0) is 7.05 Å². The molecular formula is C19H30N4O2. The molecule has 0 unspecified atom stereocenters. The van der Waals surface area contributed by atoms with Crippen LogP contribution in [0.2, 0.25) is 0 Å². The van der Waals surface area contributed by atoms with Crippen LogP contribution in [0.5, 0.6) is 5.75 Å². The largest absolute Gasteiger partial charge is 0.486 e. The van der Waals surface area contributed by atoms with Gasteiger partial charge in [-0.05, 0) is 37.7 Å². The van der Waals surface area contributed by atoms with Gasteiger partial charge in [-0.15, -0.1) is 0 Å². The highest BCUT2D eigenvalue weighted by Crippen LogP contribution is 2.19. The van der Waals surface area contributed by atoms with Gasteiger partial charge in [-0.2, -0.15) is 0 Å². The summed E-state index contributed by atoms with van der Waals surface area (Å²) in [6, 6.07) is 5.51. The molecule has 1 aliphatic rings. The Hall–Kier alpha value is -2.34. The molecule has 0 radical (unpaired) electrons. The summed E-state index contributed by atoms with van der Waals surface area (Å²) in [5.74, 6) is 1.38. The number of pyridine rings is 2. The minimum Gasteiger partial charge on any atom is -0.486 e. The second-order valence-electron chi connectivity index (χ2n) is 5.81. The first-order valence-corrected chi connectivity index (χ1v) is 8.27. The molecule has 6 nitrogen and oxygen atoms in total. The van der Waals surface area contributed by atoms with E-state index in [1.807, 2.05) is 39.0 Å². The van der Waals surface area contributed by atoms with Crippen LogP contribution in [0.4, 0.5) is 11.5 Å². The summed E-state index contributed by atoms with van der Waals surface area (Å²) in [6.45, 7) is 7.84. The van der Waals surface area contributed by atoms with Crippen LogP contribution < -0.4 is 15.6 Å². The number of nitrogens with one attached hydrogen (secondary N) is 1. The predicted molar refractivity (Wildman–Crippen MR) is 104 cm³/mol. The Kier molecular flexibility index (Phi) is 7.64. The summed E-state index contributed by atoms with van der Waals surface area (Å²) in [6.07, 6.45) is 3.73. The fraction of sp³-hybridized carbons (Fsp3) is 0.474. The lowest BCUT2D eigenvalue weighted by molar-refractivity contribution is 0.0386. The van der Waals surface area contributed by atoms with E-state index in [0.717, 1.165) is 24.4 Å². The number of aryl methyl sites for hydroxylation is 2. The molecule has 2 aromatic heterocycles. The lowest BCUT2D eigenvalue weighted by Gasteiger charge is -2.35. The molecule has 0 bridgehead atoms. The summed E-state index contributed by atoms with van der Waals surface area (Å²) in [4.78, 5) is 18.6. The zero-order valence-corrected chi connectivity index (χ0v) is 15.0. The van der Waals surface area contributed by atoms with Crippen molar-refractivity contribution in [3.05, 3.63) is 46.5 Å². The van der Waals surface area contributed by atoms with Crippen LogP contribution in [0.25, 0.3) is 0 Å². The molecule has 1 N–H and O–H groups in total. The number of likely N-dealkylation sites (N-methyl/N-ethyl adjacent to an activating group) is 1. The lowest BCUT2D eigenvalue weighted by Crippen LogP contribution is -2.51. The van der Waals surface area contributed by atoms with E-state index in [2.05, 4.69) is 22.2 Å². The maximum absolute atomic E-state index is 12.1. The molecule has 1 aliphatic heterocycles. The highest BCUT2D eigenvalue weighted by Gasteiger charge is 2.24. The van der Waals surface area contributed by atoms with E-state index in [1.54, 1.807) is 24.0 Å². The first-order valence-electron chi connectivity index (χ1n) is 8.27. The van der Waals surface area contributed by atoms with Gasteiger partial charge in [-0.3, -0.25) is 9.69 Å². The van der Waals surface area contributed by atoms with Crippen molar-refractivity contribution < 1.29 is 4.74 Å². The zero-order valence-electron chi connectivity index (χ0n) is 15.0. The number of nitrogens with zero attached hydrogens (tertiary/aromatic N) is 3. The zero-order chi connectivity index (χ0) is 17.7. The van der Waals surface area contributed by atoms with Gasteiger partial charge in [0.25, 0.3) is 5.56 Å². The van der Waals surface area contributed by atoms with Gasteiger partial charge in [0.2, 0.25) is 0 Å². The van der Waals surface area contributed by atoms with Crippen molar-refractivity contribution in [3.63, 3.8) is 0 Å². The Morgan fingerprint density at radius 1 is 1.24 bits per heavy atom. The van der Waals surface area contributed by atoms with Gasteiger partial charge >= 0.3 is 0 Å². The van der Waals surface area contributed by atoms with Crippen LogP contribution in [0.15, 0.2) is 35.4 Å². The molecule has 6 heteroatoms. The Balaban J connectivity index is 0.00000101. The third-order valence-electron chi connectivity index (χ3n) is 3.65.